The van der Waals surface area contributed by atoms with Crippen LogP contribution in [0, 0.1) is 17.2 Å². The van der Waals surface area contributed by atoms with Crippen LogP contribution in [-0.2, 0) is 19.8 Å². The van der Waals surface area contributed by atoms with Crippen LogP contribution in [-0.4, -0.2) is 79.2 Å². The van der Waals surface area contributed by atoms with Crippen LogP contribution in [0.25, 0.3) is 10.1 Å². The Labute approximate surface area is 279 Å². The highest BCUT2D eigenvalue weighted by atomic mass is 32.1. The first kappa shape index (κ1) is 34.1. The maximum absolute atomic E-state index is 14.3. The van der Waals surface area contributed by atoms with Gasteiger partial charge >= 0.3 is 13.3 Å². The second kappa shape index (κ2) is 12.6. The summed E-state index contributed by atoms with van der Waals surface area (Å²) < 4.78 is 40.4. The fourth-order valence-electron chi connectivity index (χ4n) is 7.24. The second-order valence-electron chi connectivity index (χ2n) is 13.2. The highest BCUT2D eigenvalue weighted by Crippen LogP contribution is 2.59. The molecule has 3 aliphatic heterocycles. The molecule has 48 heavy (non-hydrogen) atoms. The van der Waals surface area contributed by atoms with Gasteiger partial charge in [0, 0.05) is 41.7 Å². The van der Waals surface area contributed by atoms with Crippen LogP contribution in [0.15, 0.2) is 54.6 Å². The lowest BCUT2D eigenvalue weighted by molar-refractivity contribution is -0.148. The lowest BCUT2D eigenvalue weighted by Crippen LogP contribution is -2.59. The van der Waals surface area contributed by atoms with E-state index in [9.17, 15) is 38.1 Å². The van der Waals surface area contributed by atoms with Crippen LogP contribution in [0.3, 0.4) is 0 Å². The topological polar surface area (TPSA) is 171 Å². The van der Waals surface area contributed by atoms with Crippen LogP contribution >= 0.6 is 18.9 Å². The molecule has 4 heterocycles. The molecule has 3 aromatic rings. The molecule has 3 amide bonds. The number of hydrogen-bond acceptors (Lipinski definition) is 7. The monoisotopic (exact) mass is 700 g/mol. The van der Waals surface area contributed by atoms with Crippen molar-refractivity contribution in [2.75, 3.05) is 13.1 Å². The van der Waals surface area contributed by atoms with Gasteiger partial charge in [-0.15, -0.1) is 11.3 Å². The molecular weight excluding hydrogens is 665 g/mol. The first-order valence-electron chi connectivity index (χ1n) is 15.7. The van der Waals surface area contributed by atoms with Crippen molar-refractivity contribution < 1.29 is 42.6 Å². The Morgan fingerprint density at radius 2 is 1.83 bits per heavy atom. The van der Waals surface area contributed by atoms with Gasteiger partial charge in [-0.25, -0.2) is 0 Å². The Bertz CT molecular complexity index is 1840. The van der Waals surface area contributed by atoms with Crippen LogP contribution in [0.4, 0.5) is 8.78 Å². The molecule has 6 atom stereocenters. The number of aliphatic hydroxyl groups is 1. The summed E-state index contributed by atoms with van der Waals surface area (Å²) in [7, 11) is -5.80. The van der Waals surface area contributed by atoms with Crippen LogP contribution in [0.5, 0.6) is 0 Å². The molecule has 6 rings (SSSR count). The highest BCUT2D eigenvalue weighted by Gasteiger charge is 2.51. The number of thiophene rings is 1. The number of carbonyl (C=O) groups excluding carboxylic acids is 3. The number of amides is 3. The summed E-state index contributed by atoms with van der Waals surface area (Å²) >= 11 is 0.948. The number of benzene rings is 2. The lowest BCUT2D eigenvalue weighted by atomic mass is 9.87. The number of halogens is 2. The maximum atomic E-state index is 14.3. The van der Waals surface area contributed by atoms with Gasteiger partial charge in [0.1, 0.15) is 12.1 Å². The average Bonchev–Trinajstić information content (AvgIpc) is 3.78. The lowest BCUT2D eigenvalue weighted by Gasteiger charge is -2.40. The molecule has 3 fully saturated rings. The van der Waals surface area contributed by atoms with E-state index in [0.29, 0.717) is 36.9 Å². The zero-order valence-corrected chi connectivity index (χ0v) is 27.7. The van der Waals surface area contributed by atoms with Gasteiger partial charge < -0.3 is 30.0 Å². The molecule has 11 nitrogen and oxygen atoms in total. The molecule has 0 bridgehead atoms. The third kappa shape index (κ3) is 6.37. The number of nitriles is 1. The largest absolute Gasteiger partial charge is 0.399 e. The highest BCUT2D eigenvalue weighted by molar-refractivity contribution is 7.52. The normalized spacial score (nSPS) is 28.1. The van der Waals surface area contributed by atoms with Crippen LogP contribution < -0.4 is 5.32 Å². The van der Waals surface area contributed by atoms with Gasteiger partial charge in [0.2, 0.25) is 11.8 Å². The van der Waals surface area contributed by atoms with Crippen molar-refractivity contribution >= 4 is 46.7 Å². The van der Waals surface area contributed by atoms with E-state index in [-0.39, 0.29) is 41.1 Å². The number of nitrogens with zero attached hydrogens (tertiary/aromatic N) is 3. The summed E-state index contributed by atoms with van der Waals surface area (Å²) in [5.41, 5.74) is -5.66. The maximum Gasteiger partial charge on any atom is 0.399 e. The molecule has 0 radical (unpaired) electrons. The summed E-state index contributed by atoms with van der Waals surface area (Å²) in [6, 6.07) is 13.9. The summed E-state index contributed by atoms with van der Waals surface area (Å²) in [6.45, 7) is 2.17. The molecule has 4 N–H and O–H groups in total. The first-order chi connectivity index (χ1) is 22.6. The van der Waals surface area contributed by atoms with E-state index in [2.05, 4.69) is 11.4 Å². The second-order valence-corrected chi connectivity index (χ2v) is 15.9. The van der Waals surface area contributed by atoms with Crippen molar-refractivity contribution in [2.45, 2.75) is 74.3 Å². The van der Waals surface area contributed by atoms with E-state index in [1.165, 1.54) is 12.1 Å². The van der Waals surface area contributed by atoms with Crippen molar-refractivity contribution in [3.63, 3.8) is 0 Å². The van der Waals surface area contributed by atoms with E-state index in [4.69, 9.17) is 9.79 Å². The Morgan fingerprint density at radius 1 is 1.10 bits per heavy atom. The number of nitrogens with one attached hydrogen (secondary N) is 1. The van der Waals surface area contributed by atoms with Crippen molar-refractivity contribution in [3.05, 3.63) is 70.6 Å². The van der Waals surface area contributed by atoms with E-state index >= 15 is 0 Å². The molecule has 254 valence electrons. The SMILES string of the molecule is C[C@@]1(O)CC[C@H]2CC[C@@H](C(=O)N3C[C@H](c4ccccc4)[C@@H](C#N)C3)N2C(=O)[C@@H](NC(=O)c2cc3cc(C(F)(F)P(=O)(O)O)ccc3s2)C1. The number of likely N-dealkylation sites (tertiary alicyclic amines) is 1. The molecular formula is C33H35F2N4O7PS. The quantitative estimate of drug-likeness (QED) is 0.276. The number of carbonyl (C=O) groups is 3. The number of hydrogen-bond donors (Lipinski definition) is 4. The number of rotatable bonds is 6. The predicted molar refractivity (Wildman–Crippen MR) is 172 cm³/mol. The van der Waals surface area contributed by atoms with Crippen LogP contribution in [0.2, 0.25) is 0 Å². The van der Waals surface area contributed by atoms with Crippen molar-refractivity contribution in [1.29, 1.82) is 5.26 Å². The number of fused-ring (bicyclic) bond motifs is 2. The van der Waals surface area contributed by atoms with Gasteiger partial charge in [-0.1, -0.05) is 36.4 Å². The Kier molecular flexibility index (Phi) is 8.98. The molecule has 15 heteroatoms. The van der Waals surface area contributed by atoms with Crippen molar-refractivity contribution in [3.8, 4) is 6.07 Å². The van der Waals surface area contributed by atoms with E-state index in [0.717, 1.165) is 29.0 Å². The Morgan fingerprint density at radius 3 is 2.52 bits per heavy atom. The van der Waals surface area contributed by atoms with E-state index in [1.807, 2.05) is 30.3 Å². The summed E-state index contributed by atoms with van der Waals surface area (Å²) in [6.07, 6.45) is 1.61. The zero-order chi connectivity index (χ0) is 34.6. The molecule has 1 aromatic heterocycles. The van der Waals surface area contributed by atoms with Gasteiger partial charge in [-0.3, -0.25) is 18.9 Å². The van der Waals surface area contributed by atoms with Gasteiger partial charge in [-0.05, 0) is 61.8 Å². The smallest absolute Gasteiger partial charge is 0.390 e. The molecule has 0 saturated carbocycles. The molecule has 0 aliphatic carbocycles. The standard InChI is InChI=1S/C33H35F2N4O7PS/c1-32(43)12-11-23-8-9-26(31(42)38-17-21(16-36)24(18-38)19-5-3-2-4-6-19)39(23)30(41)25(15-32)37-29(40)28-14-20-13-22(7-10-27(20)48-28)33(34,35)47(44,45)46/h2-7,10,13-14,21,23-26,43H,8-9,11-12,15,17-18H2,1H3,(H,37,40)(H2,44,45,46)/t21-,23+,24+,25-,26-,32+/m0/s1. The van der Waals surface area contributed by atoms with E-state index in [1.54, 1.807) is 16.7 Å². The average molecular weight is 701 g/mol. The van der Waals surface area contributed by atoms with E-state index < -0.39 is 54.2 Å². The third-order valence-electron chi connectivity index (χ3n) is 9.78. The van der Waals surface area contributed by atoms with Gasteiger partial charge in [0.05, 0.1) is 22.5 Å². The van der Waals surface area contributed by atoms with Crippen molar-refractivity contribution in [1.82, 2.24) is 15.1 Å². The van der Waals surface area contributed by atoms with Gasteiger partial charge in [-0.2, -0.15) is 14.0 Å². The summed E-state index contributed by atoms with van der Waals surface area (Å²) in [4.78, 5) is 63.2. The Hall–Kier alpha value is -3.73. The Balaban J connectivity index is 1.23. The minimum absolute atomic E-state index is 0.0633. The molecule has 3 saturated heterocycles. The molecule has 3 aliphatic rings. The van der Waals surface area contributed by atoms with Gasteiger partial charge in [0.25, 0.3) is 5.91 Å². The number of alkyl halides is 2. The zero-order valence-electron chi connectivity index (χ0n) is 26.0. The summed E-state index contributed by atoms with van der Waals surface area (Å²) in [5, 5.41) is 23.9. The van der Waals surface area contributed by atoms with Gasteiger partial charge in [0.15, 0.2) is 0 Å². The molecule has 2 aromatic carbocycles. The fourth-order valence-corrected chi connectivity index (χ4v) is 8.67. The fraction of sp³-hybridized carbons (Fsp3) is 0.455. The van der Waals surface area contributed by atoms with Crippen LogP contribution in [0.1, 0.15) is 65.7 Å². The first-order valence-corrected chi connectivity index (χ1v) is 18.1. The third-order valence-corrected chi connectivity index (χ3v) is 11.9. The van der Waals surface area contributed by atoms with Crippen molar-refractivity contribution in [2.24, 2.45) is 5.92 Å². The minimum atomic E-state index is -5.80. The molecule has 0 spiro atoms. The summed E-state index contributed by atoms with van der Waals surface area (Å²) in [5.74, 6) is -2.03. The minimum Gasteiger partial charge on any atom is -0.390 e. The molecule has 0 unspecified atom stereocenters. The predicted octanol–water partition coefficient (Wildman–Crippen LogP) is 4.29.